The van der Waals surface area contributed by atoms with Crippen LogP contribution in [0.3, 0.4) is 0 Å². The van der Waals surface area contributed by atoms with E-state index in [4.69, 9.17) is 14.2 Å². The minimum atomic E-state index is -0.669. The number of aliphatic hydroxyl groups is 1. The molecule has 0 aliphatic carbocycles. The lowest BCUT2D eigenvalue weighted by Gasteiger charge is -2.27. The molecule has 5 rings (SSSR count). The average molecular weight is 536 g/mol. The van der Waals surface area contributed by atoms with Crippen molar-refractivity contribution in [3.63, 3.8) is 0 Å². The summed E-state index contributed by atoms with van der Waals surface area (Å²) < 4.78 is 17.1. The highest BCUT2D eigenvalue weighted by Gasteiger charge is 2.46. The van der Waals surface area contributed by atoms with Gasteiger partial charge in [0.05, 0.1) is 38.0 Å². The van der Waals surface area contributed by atoms with Crippen molar-refractivity contribution in [1.82, 2.24) is 4.90 Å². The number of hydrogen-bond acceptors (Lipinski definition) is 6. The molecule has 8 nitrogen and oxygen atoms in total. The first kappa shape index (κ1) is 27.2. The van der Waals surface area contributed by atoms with Gasteiger partial charge >= 0.3 is 0 Å². The third kappa shape index (κ3) is 5.97. The number of aliphatic hydroxyl groups excluding tert-OH is 1. The van der Waals surface area contributed by atoms with E-state index in [-0.39, 0.29) is 17.4 Å². The highest BCUT2D eigenvalue weighted by atomic mass is 16.5. The molecule has 2 N–H and O–H groups in total. The van der Waals surface area contributed by atoms with Gasteiger partial charge in [0.1, 0.15) is 36.5 Å². The van der Waals surface area contributed by atoms with Gasteiger partial charge in [-0.25, -0.2) is 0 Å². The number of morpholine rings is 1. The molecule has 2 atom stereocenters. The van der Waals surface area contributed by atoms with Gasteiger partial charge in [-0.15, -0.1) is 0 Å². The Labute approximate surface area is 230 Å². The molecule has 2 fully saturated rings. The van der Waals surface area contributed by atoms with Gasteiger partial charge in [-0.3, -0.25) is 9.59 Å². The molecule has 3 aliphatic rings. The quantitative estimate of drug-likeness (QED) is 0.211. The Kier molecular flexibility index (Phi) is 8.53. The standard InChI is InChI=1S/C31H38N2O6/c1-3-4-16-38-25-9-6-22(7-10-25)28-27(29(34)23-8-11-26-24(20-23)19-21(2)39-26)30(35)31(36)33(28)13-5-12-32-14-17-37-18-15-32/h6-11,20-21,28,34H,3-5,12-19H2,1-2H3/p+1/t21-,28+/m1/s1. The van der Waals surface area contributed by atoms with Crippen LogP contribution in [0.25, 0.3) is 5.76 Å². The van der Waals surface area contributed by atoms with Crippen LogP contribution in [0, 0.1) is 0 Å². The first-order valence-corrected chi connectivity index (χ1v) is 14.2. The SMILES string of the molecule is CCCCOc1ccc([C@H]2C(=C(O)c3ccc4c(c3)C[C@@H](C)O4)C(=O)C(=O)N2CCC[NH+]2CCOCC2)cc1. The Morgan fingerprint density at radius 1 is 1.10 bits per heavy atom. The number of Topliss-reactive ketones (excluding diaryl/α,β-unsaturated/α-hetero) is 1. The predicted octanol–water partition coefficient (Wildman–Crippen LogP) is 2.92. The number of hydrogen-bond donors (Lipinski definition) is 2. The number of unbranched alkanes of at least 4 members (excludes halogenated alkanes) is 1. The number of ether oxygens (including phenoxy) is 3. The number of ketones is 1. The molecule has 0 aromatic heterocycles. The summed E-state index contributed by atoms with van der Waals surface area (Å²) in [5.74, 6) is 0.169. The molecule has 0 unspecified atom stereocenters. The van der Waals surface area contributed by atoms with E-state index in [2.05, 4.69) is 6.92 Å². The number of benzene rings is 2. The molecule has 2 aromatic carbocycles. The van der Waals surface area contributed by atoms with E-state index in [0.29, 0.717) is 18.7 Å². The Morgan fingerprint density at radius 2 is 1.87 bits per heavy atom. The zero-order valence-electron chi connectivity index (χ0n) is 22.9. The normalized spacial score (nSPS) is 22.7. The average Bonchev–Trinajstić information content (AvgIpc) is 3.45. The van der Waals surface area contributed by atoms with Crippen LogP contribution in [-0.4, -0.2) is 73.8 Å². The molecule has 3 heterocycles. The molecule has 0 bridgehead atoms. The molecule has 0 spiro atoms. The number of quaternary nitrogens is 1. The van der Waals surface area contributed by atoms with Crippen molar-refractivity contribution in [1.29, 1.82) is 0 Å². The third-order valence-corrected chi connectivity index (χ3v) is 7.80. The minimum absolute atomic E-state index is 0.0645. The summed E-state index contributed by atoms with van der Waals surface area (Å²) in [6.07, 6.45) is 3.57. The van der Waals surface area contributed by atoms with E-state index in [1.807, 2.05) is 43.3 Å². The summed E-state index contributed by atoms with van der Waals surface area (Å²) in [5.41, 5.74) is 2.41. The van der Waals surface area contributed by atoms with Crippen molar-refractivity contribution in [2.45, 2.75) is 51.7 Å². The lowest BCUT2D eigenvalue weighted by Crippen LogP contribution is -3.14. The van der Waals surface area contributed by atoms with E-state index >= 15 is 0 Å². The van der Waals surface area contributed by atoms with Crippen LogP contribution in [0.5, 0.6) is 11.5 Å². The van der Waals surface area contributed by atoms with Crippen LogP contribution < -0.4 is 14.4 Å². The molecule has 208 valence electrons. The lowest BCUT2D eigenvalue weighted by molar-refractivity contribution is -0.908. The van der Waals surface area contributed by atoms with Gasteiger partial charge in [0.2, 0.25) is 0 Å². The van der Waals surface area contributed by atoms with Crippen molar-refractivity contribution in [3.05, 3.63) is 64.7 Å². The summed E-state index contributed by atoms with van der Waals surface area (Å²) in [7, 11) is 0. The zero-order valence-corrected chi connectivity index (χ0v) is 22.9. The molecule has 2 aromatic rings. The number of nitrogens with zero attached hydrogens (tertiary/aromatic N) is 1. The van der Waals surface area contributed by atoms with Gasteiger partial charge in [0.25, 0.3) is 11.7 Å². The van der Waals surface area contributed by atoms with Crippen LogP contribution in [0.1, 0.15) is 55.8 Å². The maximum absolute atomic E-state index is 13.4. The number of carbonyl (C=O) groups is 2. The van der Waals surface area contributed by atoms with Crippen molar-refractivity contribution < 1.29 is 33.8 Å². The summed E-state index contributed by atoms with van der Waals surface area (Å²) in [4.78, 5) is 29.8. The Bertz CT molecular complexity index is 1220. The van der Waals surface area contributed by atoms with E-state index in [9.17, 15) is 14.7 Å². The second kappa shape index (κ2) is 12.2. The largest absolute Gasteiger partial charge is 0.507 e. The molecular weight excluding hydrogens is 496 g/mol. The van der Waals surface area contributed by atoms with Crippen LogP contribution in [0.4, 0.5) is 0 Å². The predicted molar refractivity (Wildman–Crippen MR) is 147 cm³/mol. The molecule has 39 heavy (non-hydrogen) atoms. The maximum atomic E-state index is 13.4. The number of rotatable bonds is 10. The number of fused-ring (bicyclic) bond motifs is 1. The summed E-state index contributed by atoms with van der Waals surface area (Å²) in [6.45, 7) is 9.47. The number of amides is 1. The molecule has 8 heteroatoms. The van der Waals surface area contributed by atoms with Gasteiger partial charge < -0.3 is 29.1 Å². The molecule has 1 amide bonds. The van der Waals surface area contributed by atoms with Crippen LogP contribution in [-0.2, 0) is 20.7 Å². The van der Waals surface area contributed by atoms with Crippen molar-refractivity contribution >= 4 is 17.4 Å². The Balaban J connectivity index is 1.45. The summed E-state index contributed by atoms with van der Waals surface area (Å²) in [6, 6.07) is 12.3. The maximum Gasteiger partial charge on any atom is 0.295 e. The van der Waals surface area contributed by atoms with Crippen LogP contribution in [0.15, 0.2) is 48.0 Å². The first-order valence-electron chi connectivity index (χ1n) is 14.2. The second-order valence-electron chi connectivity index (χ2n) is 10.7. The smallest absolute Gasteiger partial charge is 0.295 e. The summed E-state index contributed by atoms with van der Waals surface area (Å²) in [5, 5.41) is 11.5. The van der Waals surface area contributed by atoms with Gasteiger partial charge in [-0.05, 0) is 54.8 Å². The van der Waals surface area contributed by atoms with Crippen molar-refractivity contribution in [2.75, 3.05) is 46.0 Å². The third-order valence-electron chi connectivity index (χ3n) is 7.80. The van der Waals surface area contributed by atoms with Gasteiger partial charge in [0, 0.05) is 24.9 Å². The molecular formula is C31H39N2O6+. The first-order chi connectivity index (χ1) is 19.0. The fourth-order valence-corrected chi connectivity index (χ4v) is 5.67. The fraction of sp³-hybridized carbons (Fsp3) is 0.484. The summed E-state index contributed by atoms with van der Waals surface area (Å²) >= 11 is 0. The van der Waals surface area contributed by atoms with Crippen LogP contribution >= 0.6 is 0 Å². The molecule has 3 aliphatic heterocycles. The van der Waals surface area contributed by atoms with Crippen molar-refractivity contribution in [3.8, 4) is 11.5 Å². The molecule has 0 radical (unpaired) electrons. The molecule has 0 saturated carbocycles. The zero-order chi connectivity index (χ0) is 27.4. The molecule has 2 saturated heterocycles. The second-order valence-corrected chi connectivity index (χ2v) is 10.7. The fourth-order valence-electron chi connectivity index (χ4n) is 5.67. The van der Waals surface area contributed by atoms with Gasteiger partial charge in [-0.2, -0.15) is 0 Å². The van der Waals surface area contributed by atoms with E-state index in [1.165, 1.54) is 4.90 Å². The topological polar surface area (TPSA) is 89.7 Å². The minimum Gasteiger partial charge on any atom is -0.507 e. The lowest BCUT2D eigenvalue weighted by atomic mass is 9.94. The number of carbonyl (C=O) groups excluding carboxylic acids is 2. The Morgan fingerprint density at radius 3 is 2.62 bits per heavy atom. The highest BCUT2D eigenvalue weighted by molar-refractivity contribution is 6.46. The van der Waals surface area contributed by atoms with Gasteiger partial charge in [0.15, 0.2) is 0 Å². The van der Waals surface area contributed by atoms with Crippen molar-refractivity contribution in [2.24, 2.45) is 0 Å². The van der Waals surface area contributed by atoms with E-state index < -0.39 is 17.7 Å². The van der Waals surface area contributed by atoms with E-state index in [1.54, 1.807) is 11.0 Å². The number of likely N-dealkylation sites (tertiary alicyclic amines) is 1. The van der Waals surface area contributed by atoms with Crippen LogP contribution in [0.2, 0.25) is 0 Å². The number of nitrogens with one attached hydrogen (secondary N) is 1. The van der Waals surface area contributed by atoms with E-state index in [0.717, 1.165) is 81.2 Å². The Hall–Kier alpha value is -3.36. The highest BCUT2D eigenvalue weighted by Crippen LogP contribution is 2.41. The monoisotopic (exact) mass is 535 g/mol. The van der Waals surface area contributed by atoms with Gasteiger partial charge in [-0.1, -0.05) is 25.5 Å².